The first-order chi connectivity index (χ1) is 11.9. The van der Waals surface area contributed by atoms with Gasteiger partial charge in [-0.05, 0) is 51.9 Å². The second kappa shape index (κ2) is 7.10. The number of nitrogens with one attached hydrogen (secondary N) is 1. The Kier molecular flexibility index (Phi) is 5.06. The van der Waals surface area contributed by atoms with Crippen molar-refractivity contribution in [2.75, 3.05) is 26.7 Å². The van der Waals surface area contributed by atoms with Crippen molar-refractivity contribution >= 4 is 16.8 Å². The third-order valence-electron chi connectivity index (χ3n) is 5.02. The molecule has 1 aliphatic rings. The first-order valence-electron chi connectivity index (χ1n) is 8.89. The number of pyridine rings is 1. The number of carbonyl (C=O) groups excluding carboxylic acids is 1. The van der Waals surface area contributed by atoms with E-state index in [1.165, 1.54) is 5.56 Å². The van der Waals surface area contributed by atoms with Gasteiger partial charge in [0.15, 0.2) is 0 Å². The molecule has 5 nitrogen and oxygen atoms in total. The summed E-state index contributed by atoms with van der Waals surface area (Å²) in [5.41, 5.74) is 4.77. The Bertz CT molecular complexity index is 803. The van der Waals surface area contributed by atoms with Crippen molar-refractivity contribution in [2.45, 2.75) is 39.8 Å². The monoisotopic (exact) mass is 341 g/mol. The SMILES string of the molecule is CCO[C@H]1CN(C)C[C@@H]1NC(=O)c1cc(C)nc2c(C)c(C)ccc12. The molecule has 0 saturated carbocycles. The van der Waals surface area contributed by atoms with E-state index in [-0.39, 0.29) is 18.1 Å². The normalized spacial score (nSPS) is 21.0. The topological polar surface area (TPSA) is 54.5 Å². The first-order valence-corrected chi connectivity index (χ1v) is 8.89. The van der Waals surface area contributed by atoms with Gasteiger partial charge in [0.25, 0.3) is 5.91 Å². The van der Waals surface area contributed by atoms with Gasteiger partial charge in [0, 0.05) is 30.8 Å². The van der Waals surface area contributed by atoms with Crippen LogP contribution in [0.15, 0.2) is 18.2 Å². The van der Waals surface area contributed by atoms with E-state index in [2.05, 4.69) is 42.2 Å². The van der Waals surface area contributed by atoms with E-state index in [1.807, 2.05) is 26.0 Å². The van der Waals surface area contributed by atoms with Crippen molar-refractivity contribution in [2.24, 2.45) is 0 Å². The van der Waals surface area contributed by atoms with Crippen LogP contribution in [0.5, 0.6) is 0 Å². The minimum Gasteiger partial charge on any atom is -0.375 e. The number of likely N-dealkylation sites (tertiary alicyclic amines) is 1. The van der Waals surface area contributed by atoms with Crippen LogP contribution in [0.1, 0.15) is 34.1 Å². The Balaban J connectivity index is 1.93. The number of hydrogen-bond donors (Lipinski definition) is 1. The van der Waals surface area contributed by atoms with Gasteiger partial charge < -0.3 is 15.0 Å². The quantitative estimate of drug-likeness (QED) is 0.929. The molecule has 1 fully saturated rings. The molecule has 1 amide bonds. The number of fused-ring (bicyclic) bond motifs is 1. The van der Waals surface area contributed by atoms with Crippen LogP contribution in [0.2, 0.25) is 0 Å². The molecule has 3 rings (SSSR count). The molecule has 1 aromatic heterocycles. The van der Waals surface area contributed by atoms with Crippen molar-refractivity contribution in [3.05, 3.63) is 40.6 Å². The fourth-order valence-electron chi connectivity index (χ4n) is 3.58. The Hall–Kier alpha value is -1.98. The standard InChI is InChI=1S/C20H27N3O2/c1-6-25-18-11-23(5)10-17(18)22-20(24)16-9-13(3)21-19-14(4)12(2)7-8-15(16)19/h7-9,17-18H,6,10-11H2,1-5H3,(H,22,24)/t17-,18-/m0/s1. The third kappa shape index (κ3) is 3.53. The number of rotatable bonds is 4. The van der Waals surface area contributed by atoms with Gasteiger partial charge in [-0.3, -0.25) is 9.78 Å². The zero-order valence-electron chi connectivity index (χ0n) is 15.7. The Morgan fingerprint density at radius 3 is 2.80 bits per heavy atom. The summed E-state index contributed by atoms with van der Waals surface area (Å²) < 4.78 is 5.80. The second-order valence-electron chi connectivity index (χ2n) is 7.01. The highest BCUT2D eigenvalue weighted by Crippen LogP contribution is 2.24. The molecule has 2 aromatic rings. The summed E-state index contributed by atoms with van der Waals surface area (Å²) in [4.78, 5) is 19.9. The summed E-state index contributed by atoms with van der Waals surface area (Å²) in [6.45, 7) is 10.3. The van der Waals surface area contributed by atoms with Crippen LogP contribution in [0.25, 0.3) is 10.9 Å². The average molecular weight is 341 g/mol. The molecule has 1 N–H and O–H groups in total. The lowest BCUT2D eigenvalue weighted by Crippen LogP contribution is -2.44. The number of amides is 1. The lowest BCUT2D eigenvalue weighted by Gasteiger charge is -2.20. The zero-order valence-corrected chi connectivity index (χ0v) is 15.7. The van der Waals surface area contributed by atoms with Crippen LogP contribution in [-0.4, -0.2) is 54.7 Å². The van der Waals surface area contributed by atoms with E-state index in [9.17, 15) is 4.79 Å². The minimum atomic E-state index is -0.0521. The summed E-state index contributed by atoms with van der Waals surface area (Å²) in [7, 11) is 2.05. The van der Waals surface area contributed by atoms with E-state index in [0.717, 1.165) is 35.2 Å². The molecule has 2 heterocycles. The highest BCUT2D eigenvalue weighted by molar-refractivity contribution is 6.07. The molecule has 1 saturated heterocycles. The Morgan fingerprint density at radius 1 is 1.32 bits per heavy atom. The Morgan fingerprint density at radius 2 is 2.08 bits per heavy atom. The number of hydrogen-bond acceptors (Lipinski definition) is 4. The van der Waals surface area contributed by atoms with Gasteiger partial charge in [-0.2, -0.15) is 0 Å². The molecule has 0 spiro atoms. The van der Waals surface area contributed by atoms with Crippen LogP contribution < -0.4 is 5.32 Å². The van der Waals surface area contributed by atoms with Crippen molar-refractivity contribution < 1.29 is 9.53 Å². The highest BCUT2D eigenvalue weighted by Gasteiger charge is 2.33. The van der Waals surface area contributed by atoms with Crippen LogP contribution >= 0.6 is 0 Å². The van der Waals surface area contributed by atoms with Gasteiger partial charge in [0.1, 0.15) is 0 Å². The van der Waals surface area contributed by atoms with Crippen LogP contribution in [-0.2, 0) is 4.74 Å². The summed E-state index contributed by atoms with van der Waals surface area (Å²) in [6.07, 6.45) is 0.0390. The van der Waals surface area contributed by atoms with E-state index in [1.54, 1.807) is 0 Å². The Labute approximate surface area is 149 Å². The van der Waals surface area contributed by atoms with Crippen LogP contribution in [0, 0.1) is 20.8 Å². The van der Waals surface area contributed by atoms with Gasteiger partial charge in [-0.15, -0.1) is 0 Å². The van der Waals surface area contributed by atoms with Gasteiger partial charge in [0.2, 0.25) is 0 Å². The average Bonchev–Trinajstić information content (AvgIpc) is 2.90. The summed E-state index contributed by atoms with van der Waals surface area (Å²) in [5.74, 6) is -0.0521. The van der Waals surface area contributed by atoms with E-state index in [0.29, 0.717) is 12.2 Å². The lowest BCUT2D eigenvalue weighted by molar-refractivity contribution is 0.0513. The molecule has 0 radical (unpaired) electrons. The molecule has 1 aromatic carbocycles. The largest absolute Gasteiger partial charge is 0.375 e. The van der Waals surface area contributed by atoms with E-state index < -0.39 is 0 Å². The van der Waals surface area contributed by atoms with Crippen LogP contribution in [0.4, 0.5) is 0 Å². The molecule has 0 bridgehead atoms. The van der Waals surface area contributed by atoms with Gasteiger partial charge in [-0.25, -0.2) is 0 Å². The molecule has 1 aliphatic heterocycles. The highest BCUT2D eigenvalue weighted by atomic mass is 16.5. The maximum Gasteiger partial charge on any atom is 0.252 e. The molecule has 0 unspecified atom stereocenters. The van der Waals surface area contributed by atoms with Crippen molar-refractivity contribution in [1.29, 1.82) is 0 Å². The molecule has 5 heteroatoms. The summed E-state index contributed by atoms with van der Waals surface area (Å²) in [6, 6.07) is 5.94. The number of ether oxygens (including phenoxy) is 1. The number of carbonyl (C=O) groups is 1. The molecular formula is C20H27N3O2. The molecular weight excluding hydrogens is 314 g/mol. The number of aryl methyl sites for hydroxylation is 3. The lowest BCUT2D eigenvalue weighted by atomic mass is 10.0. The van der Waals surface area contributed by atoms with Gasteiger partial charge >= 0.3 is 0 Å². The fourth-order valence-corrected chi connectivity index (χ4v) is 3.58. The minimum absolute atomic E-state index is 0.00696. The third-order valence-corrected chi connectivity index (χ3v) is 5.02. The summed E-state index contributed by atoms with van der Waals surface area (Å²) in [5, 5.41) is 4.09. The number of benzene rings is 1. The predicted molar refractivity (Wildman–Crippen MR) is 100 cm³/mol. The van der Waals surface area contributed by atoms with E-state index in [4.69, 9.17) is 4.74 Å². The van der Waals surface area contributed by atoms with Crippen molar-refractivity contribution in [3.63, 3.8) is 0 Å². The molecule has 0 aliphatic carbocycles. The first kappa shape index (κ1) is 17.8. The second-order valence-corrected chi connectivity index (χ2v) is 7.01. The summed E-state index contributed by atoms with van der Waals surface area (Å²) >= 11 is 0. The number of likely N-dealkylation sites (N-methyl/N-ethyl adjacent to an activating group) is 1. The van der Waals surface area contributed by atoms with E-state index >= 15 is 0 Å². The van der Waals surface area contributed by atoms with Crippen LogP contribution in [0.3, 0.4) is 0 Å². The maximum atomic E-state index is 13.0. The molecule has 25 heavy (non-hydrogen) atoms. The molecule has 2 atom stereocenters. The maximum absolute atomic E-state index is 13.0. The van der Waals surface area contributed by atoms with Gasteiger partial charge in [-0.1, -0.05) is 12.1 Å². The molecule has 134 valence electrons. The van der Waals surface area contributed by atoms with Crippen molar-refractivity contribution in [3.8, 4) is 0 Å². The number of nitrogens with zero attached hydrogens (tertiary/aromatic N) is 2. The van der Waals surface area contributed by atoms with Crippen molar-refractivity contribution in [1.82, 2.24) is 15.2 Å². The smallest absolute Gasteiger partial charge is 0.252 e. The van der Waals surface area contributed by atoms with Gasteiger partial charge in [0.05, 0.1) is 23.2 Å². The zero-order chi connectivity index (χ0) is 18.1. The fraction of sp³-hybridized carbons (Fsp3) is 0.500. The number of aromatic nitrogens is 1. The predicted octanol–water partition coefficient (Wildman–Crippen LogP) is 2.61.